The minimum absolute atomic E-state index is 0.740. The summed E-state index contributed by atoms with van der Waals surface area (Å²) >= 11 is 0. The largest absolute Gasteiger partial charge is 0.370 e. The Morgan fingerprint density at radius 1 is 1.06 bits per heavy atom. The summed E-state index contributed by atoms with van der Waals surface area (Å²) in [5, 5.41) is 6.71. The Morgan fingerprint density at radius 3 is 2.29 bits per heavy atom. The van der Waals surface area contributed by atoms with Gasteiger partial charge in [0, 0.05) is 13.1 Å². The first-order chi connectivity index (χ1) is 8.30. The average Bonchev–Trinajstić information content (AvgIpc) is 2.38. The molecule has 3 nitrogen and oxygen atoms in total. The molecule has 0 aromatic carbocycles. The highest BCUT2D eigenvalue weighted by atomic mass is 15.1. The van der Waals surface area contributed by atoms with E-state index in [9.17, 15) is 0 Å². The smallest absolute Gasteiger partial charge is 0.128 e. The molecule has 0 atom stereocenters. The van der Waals surface area contributed by atoms with E-state index in [4.69, 9.17) is 0 Å². The van der Waals surface area contributed by atoms with Gasteiger partial charge in [0.15, 0.2) is 0 Å². The van der Waals surface area contributed by atoms with Crippen molar-refractivity contribution < 1.29 is 0 Å². The van der Waals surface area contributed by atoms with Gasteiger partial charge in [-0.15, -0.1) is 0 Å². The molecular weight excluding hydrogens is 210 g/mol. The van der Waals surface area contributed by atoms with Crippen LogP contribution in [0.1, 0.15) is 40.0 Å². The zero-order valence-electron chi connectivity index (χ0n) is 11.3. The Bertz CT molecular complexity index is 308. The van der Waals surface area contributed by atoms with Gasteiger partial charge in [0.25, 0.3) is 0 Å². The standard InChI is InChI=1S/C14H25N3/c1-4-10-15-13-8-7-9-14(17-13)16-11-12(5-2)6-3/h7-9,12H,4-6,10-11H2,1-3H3,(H2,15,16,17). The molecule has 0 aliphatic rings. The molecule has 0 saturated heterocycles. The van der Waals surface area contributed by atoms with Crippen LogP contribution in [-0.4, -0.2) is 18.1 Å². The Labute approximate surface area is 105 Å². The first-order valence-electron chi connectivity index (χ1n) is 6.74. The zero-order valence-corrected chi connectivity index (χ0v) is 11.3. The van der Waals surface area contributed by atoms with Gasteiger partial charge >= 0.3 is 0 Å². The molecule has 1 rings (SSSR count). The maximum Gasteiger partial charge on any atom is 0.128 e. The second kappa shape index (κ2) is 7.93. The number of pyridine rings is 1. The highest BCUT2D eigenvalue weighted by Crippen LogP contribution is 2.12. The van der Waals surface area contributed by atoms with Crippen molar-refractivity contribution in [2.45, 2.75) is 40.0 Å². The topological polar surface area (TPSA) is 37.0 Å². The van der Waals surface area contributed by atoms with Crippen LogP contribution in [0.25, 0.3) is 0 Å². The molecular formula is C14H25N3. The van der Waals surface area contributed by atoms with Crippen molar-refractivity contribution in [3.8, 4) is 0 Å². The van der Waals surface area contributed by atoms with Crippen molar-refractivity contribution in [2.75, 3.05) is 23.7 Å². The van der Waals surface area contributed by atoms with Crippen LogP contribution >= 0.6 is 0 Å². The fourth-order valence-electron chi connectivity index (χ4n) is 1.71. The van der Waals surface area contributed by atoms with Crippen LogP contribution in [0.2, 0.25) is 0 Å². The molecule has 0 spiro atoms. The first kappa shape index (κ1) is 13.8. The second-order valence-electron chi connectivity index (χ2n) is 4.40. The molecule has 2 N–H and O–H groups in total. The third-order valence-corrected chi connectivity index (χ3v) is 3.03. The summed E-state index contributed by atoms with van der Waals surface area (Å²) in [5.41, 5.74) is 0. The second-order valence-corrected chi connectivity index (χ2v) is 4.40. The normalized spacial score (nSPS) is 10.6. The molecule has 0 fully saturated rings. The molecule has 1 aromatic heterocycles. The van der Waals surface area contributed by atoms with Crippen LogP contribution in [0, 0.1) is 5.92 Å². The Morgan fingerprint density at radius 2 is 1.71 bits per heavy atom. The van der Waals surface area contributed by atoms with E-state index >= 15 is 0 Å². The van der Waals surface area contributed by atoms with E-state index in [1.54, 1.807) is 0 Å². The third kappa shape index (κ3) is 5.07. The van der Waals surface area contributed by atoms with Crippen LogP contribution in [0.15, 0.2) is 18.2 Å². The minimum Gasteiger partial charge on any atom is -0.370 e. The highest BCUT2D eigenvalue weighted by Gasteiger charge is 2.03. The molecule has 0 radical (unpaired) electrons. The van der Waals surface area contributed by atoms with Crippen molar-refractivity contribution in [1.29, 1.82) is 0 Å². The van der Waals surface area contributed by atoms with Crippen LogP contribution in [0.5, 0.6) is 0 Å². The highest BCUT2D eigenvalue weighted by molar-refractivity contribution is 5.45. The summed E-state index contributed by atoms with van der Waals surface area (Å²) in [7, 11) is 0. The number of nitrogens with one attached hydrogen (secondary N) is 2. The summed E-state index contributed by atoms with van der Waals surface area (Å²) in [6, 6.07) is 6.08. The molecule has 3 heteroatoms. The summed E-state index contributed by atoms with van der Waals surface area (Å²) in [6.45, 7) is 8.62. The van der Waals surface area contributed by atoms with Gasteiger partial charge in [0.1, 0.15) is 11.6 Å². The van der Waals surface area contributed by atoms with Gasteiger partial charge in [-0.1, -0.05) is 39.7 Å². The molecule has 17 heavy (non-hydrogen) atoms. The van der Waals surface area contributed by atoms with E-state index in [1.807, 2.05) is 18.2 Å². The van der Waals surface area contributed by atoms with E-state index in [2.05, 4.69) is 36.4 Å². The number of anilines is 2. The van der Waals surface area contributed by atoms with E-state index < -0.39 is 0 Å². The molecule has 0 unspecified atom stereocenters. The Balaban J connectivity index is 2.47. The molecule has 0 saturated carbocycles. The van der Waals surface area contributed by atoms with E-state index in [0.29, 0.717) is 0 Å². The van der Waals surface area contributed by atoms with Crippen molar-refractivity contribution in [2.24, 2.45) is 5.92 Å². The quantitative estimate of drug-likeness (QED) is 0.720. The van der Waals surface area contributed by atoms with Crippen LogP contribution in [0.4, 0.5) is 11.6 Å². The zero-order chi connectivity index (χ0) is 12.5. The van der Waals surface area contributed by atoms with Crippen LogP contribution < -0.4 is 10.6 Å². The summed E-state index contributed by atoms with van der Waals surface area (Å²) in [5.74, 6) is 2.67. The summed E-state index contributed by atoms with van der Waals surface area (Å²) in [6.07, 6.45) is 3.56. The van der Waals surface area contributed by atoms with Crippen molar-refractivity contribution in [3.05, 3.63) is 18.2 Å². The monoisotopic (exact) mass is 235 g/mol. The van der Waals surface area contributed by atoms with Crippen LogP contribution in [-0.2, 0) is 0 Å². The number of hydrogen-bond donors (Lipinski definition) is 2. The molecule has 0 aliphatic carbocycles. The van der Waals surface area contributed by atoms with Gasteiger partial charge in [0.2, 0.25) is 0 Å². The predicted molar refractivity (Wildman–Crippen MR) is 75.6 cm³/mol. The van der Waals surface area contributed by atoms with Gasteiger partial charge in [-0.3, -0.25) is 0 Å². The minimum atomic E-state index is 0.740. The molecule has 96 valence electrons. The van der Waals surface area contributed by atoms with Crippen molar-refractivity contribution in [1.82, 2.24) is 4.98 Å². The lowest BCUT2D eigenvalue weighted by atomic mass is 10.0. The lowest BCUT2D eigenvalue weighted by Crippen LogP contribution is -2.14. The number of rotatable bonds is 8. The number of nitrogens with zero attached hydrogens (tertiary/aromatic N) is 1. The van der Waals surface area contributed by atoms with E-state index in [-0.39, 0.29) is 0 Å². The van der Waals surface area contributed by atoms with Gasteiger partial charge in [-0.05, 0) is 24.5 Å². The van der Waals surface area contributed by atoms with Crippen molar-refractivity contribution >= 4 is 11.6 Å². The predicted octanol–water partition coefficient (Wildman–Crippen LogP) is 3.75. The van der Waals surface area contributed by atoms with Gasteiger partial charge in [-0.2, -0.15) is 0 Å². The van der Waals surface area contributed by atoms with Gasteiger partial charge < -0.3 is 10.6 Å². The van der Waals surface area contributed by atoms with Crippen LogP contribution in [0.3, 0.4) is 0 Å². The van der Waals surface area contributed by atoms with E-state index in [0.717, 1.165) is 37.1 Å². The number of hydrogen-bond acceptors (Lipinski definition) is 3. The number of aromatic nitrogens is 1. The lowest BCUT2D eigenvalue weighted by molar-refractivity contribution is 0.518. The summed E-state index contributed by atoms with van der Waals surface area (Å²) < 4.78 is 0. The van der Waals surface area contributed by atoms with Gasteiger partial charge in [-0.25, -0.2) is 4.98 Å². The van der Waals surface area contributed by atoms with Gasteiger partial charge in [0.05, 0.1) is 0 Å². The summed E-state index contributed by atoms with van der Waals surface area (Å²) in [4.78, 5) is 4.53. The molecule has 0 amide bonds. The molecule has 0 bridgehead atoms. The maximum absolute atomic E-state index is 4.53. The molecule has 1 aromatic rings. The molecule has 0 aliphatic heterocycles. The lowest BCUT2D eigenvalue weighted by Gasteiger charge is -2.14. The maximum atomic E-state index is 4.53. The molecule has 1 heterocycles. The average molecular weight is 235 g/mol. The Hall–Kier alpha value is -1.25. The first-order valence-corrected chi connectivity index (χ1v) is 6.74. The third-order valence-electron chi connectivity index (χ3n) is 3.03. The van der Waals surface area contributed by atoms with Crippen molar-refractivity contribution in [3.63, 3.8) is 0 Å². The Kier molecular flexibility index (Phi) is 6.45. The fraction of sp³-hybridized carbons (Fsp3) is 0.643. The fourth-order valence-corrected chi connectivity index (χ4v) is 1.71. The van der Waals surface area contributed by atoms with E-state index in [1.165, 1.54) is 12.8 Å². The SMILES string of the molecule is CCCNc1cccc(NCC(CC)CC)n1.